The lowest BCUT2D eigenvalue weighted by Gasteiger charge is -2.38. The fourth-order valence-electron chi connectivity index (χ4n) is 5.03. The van der Waals surface area contributed by atoms with E-state index in [-0.39, 0.29) is 0 Å². The SMILES string of the molecule is c1cnc(CN(CC2CCN(C3CCCC3)CC2)CC2CCCO2)nc1. The lowest BCUT2D eigenvalue weighted by atomic mass is 9.94. The molecule has 0 aromatic carbocycles. The highest BCUT2D eigenvalue weighted by molar-refractivity contribution is 4.90. The molecule has 0 bridgehead atoms. The Bertz CT molecular complexity index is 520. The second-order valence-electron chi connectivity index (χ2n) is 8.41. The summed E-state index contributed by atoms with van der Waals surface area (Å²) in [6.45, 7) is 6.57. The van der Waals surface area contributed by atoms with Gasteiger partial charge in [0.25, 0.3) is 0 Å². The highest BCUT2D eigenvalue weighted by Gasteiger charge is 2.29. The summed E-state index contributed by atoms with van der Waals surface area (Å²) in [4.78, 5) is 14.2. The summed E-state index contributed by atoms with van der Waals surface area (Å²) in [5.74, 6) is 1.74. The van der Waals surface area contributed by atoms with Crippen LogP contribution in [0.3, 0.4) is 0 Å². The third-order valence-electron chi connectivity index (χ3n) is 6.48. The van der Waals surface area contributed by atoms with Crippen LogP contribution in [0.1, 0.15) is 57.2 Å². The molecule has 4 rings (SSSR count). The average Bonchev–Trinajstić information content (AvgIpc) is 3.37. The highest BCUT2D eigenvalue weighted by atomic mass is 16.5. The summed E-state index contributed by atoms with van der Waals surface area (Å²) in [6, 6.07) is 2.78. The van der Waals surface area contributed by atoms with E-state index in [1.165, 1.54) is 64.5 Å². The Hall–Kier alpha value is -1.04. The molecule has 5 nitrogen and oxygen atoms in total. The first-order chi connectivity index (χ1) is 12.9. The molecule has 1 saturated carbocycles. The van der Waals surface area contributed by atoms with Crippen molar-refractivity contribution in [3.05, 3.63) is 24.3 Å². The first kappa shape index (κ1) is 18.3. The number of hydrogen-bond donors (Lipinski definition) is 0. The smallest absolute Gasteiger partial charge is 0.142 e. The van der Waals surface area contributed by atoms with Crippen LogP contribution in [0.4, 0.5) is 0 Å². The van der Waals surface area contributed by atoms with E-state index in [4.69, 9.17) is 4.74 Å². The molecule has 1 unspecified atom stereocenters. The summed E-state index contributed by atoms with van der Waals surface area (Å²) < 4.78 is 5.90. The summed E-state index contributed by atoms with van der Waals surface area (Å²) >= 11 is 0. The normalized spacial score (nSPS) is 26.1. The summed E-state index contributed by atoms with van der Waals surface area (Å²) in [7, 11) is 0. The van der Waals surface area contributed by atoms with Crippen molar-refractivity contribution in [2.24, 2.45) is 5.92 Å². The Labute approximate surface area is 158 Å². The molecule has 0 spiro atoms. The molecule has 1 aromatic rings. The first-order valence-electron chi connectivity index (χ1n) is 10.7. The average molecular weight is 359 g/mol. The fourth-order valence-corrected chi connectivity index (χ4v) is 5.03. The van der Waals surface area contributed by atoms with Crippen molar-refractivity contribution >= 4 is 0 Å². The van der Waals surface area contributed by atoms with Crippen LogP contribution in [0.15, 0.2) is 18.5 Å². The molecule has 5 heteroatoms. The minimum absolute atomic E-state index is 0.400. The van der Waals surface area contributed by atoms with Gasteiger partial charge in [-0.1, -0.05) is 12.8 Å². The molecule has 0 radical (unpaired) electrons. The van der Waals surface area contributed by atoms with E-state index in [0.717, 1.165) is 44.0 Å². The van der Waals surface area contributed by atoms with E-state index >= 15 is 0 Å². The number of nitrogens with zero attached hydrogens (tertiary/aromatic N) is 4. The Morgan fingerprint density at radius 1 is 0.962 bits per heavy atom. The van der Waals surface area contributed by atoms with Crippen molar-refractivity contribution in [3.63, 3.8) is 0 Å². The predicted octanol–water partition coefficient (Wildman–Crippen LogP) is 3.11. The molecular formula is C21H34N4O. The van der Waals surface area contributed by atoms with Crippen LogP contribution in [0.5, 0.6) is 0 Å². The molecule has 2 aliphatic heterocycles. The summed E-state index contributed by atoms with van der Waals surface area (Å²) in [5, 5.41) is 0. The summed E-state index contributed by atoms with van der Waals surface area (Å²) in [6.07, 6.45) is 14.9. The monoisotopic (exact) mass is 358 g/mol. The maximum atomic E-state index is 5.90. The van der Waals surface area contributed by atoms with E-state index in [1.54, 1.807) is 0 Å². The molecule has 0 amide bonds. The topological polar surface area (TPSA) is 41.5 Å². The van der Waals surface area contributed by atoms with Gasteiger partial charge in [-0.2, -0.15) is 0 Å². The van der Waals surface area contributed by atoms with Crippen LogP contribution < -0.4 is 0 Å². The number of piperidine rings is 1. The van der Waals surface area contributed by atoms with Gasteiger partial charge in [0.15, 0.2) is 0 Å². The quantitative estimate of drug-likeness (QED) is 0.749. The van der Waals surface area contributed by atoms with E-state index in [1.807, 2.05) is 18.5 Å². The molecule has 0 N–H and O–H groups in total. The van der Waals surface area contributed by atoms with Gasteiger partial charge < -0.3 is 9.64 Å². The lowest BCUT2D eigenvalue weighted by Crippen LogP contribution is -2.43. The lowest BCUT2D eigenvalue weighted by molar-refractivity contribution is 0.0530. The number of ether oxygens (including phenoxy) is 1. The van der Waals surface area contributed by atoms with E-state index in [0.29, 0.717) is 6.10 Å². The van der Waals surface area contributed by atoms with Gasteiger partial charge in [0.05, 0.1) is 12.6 Å². The number of likely N-dealkylation sites (tertiary alicyclic amines) is 1. The minimum atomic E-state index is 0.400. The van der Waals surface area contributed by atoms with Crippen LogP contribution in [0.25, 0.3) is 0 Å². The number of rotatable bonds is 7. The Morgan fingerprint density at radius 2 is 1.73 bits per heavy atom. The van der Waals surface area contributed by atoms with Gasteiger partial charge >= 0.3 is 0 Å². The Morgan fingerprint density at radius 3 is 2.42 bits per heavy atom. The zero-order valence-corrected chi connectivity index (χ0v) is 16.1. The third-order valence-corrected chi connectivity index (χ3v) is 6.48. The molecule has 2 saturated heterocycles. The second-order valence-corrected chi connectivity index (χ2v) is 8.41. The molecule has 3 aliphatic rings. The van der Waals surface area contributed by atoms with Crippen LogP contribution >= 0.6 is 0 Å². The van der Waals surface area contributed by atoms with Crippen LogP contribution in [0.2, 0.25) is 0 Å². The largest absolute Gasteiger partial charge is 0.377 e. The van der Waals surface area contributed by atoms with Gasteiger partial charge in [-0.3, -0.25) is 4.90 Å². The van der Waals surface area contributed by atoms with Crippen LogP contribution in [0, 0.1) is 5.92 Å². The number of aromatic nitrogens is 2. The Kier molecular flexibility index (Phi) is 6.52. The van der Waals surface area contributed by atoms with Crippen molar-refractivity contribution in [1.82, 2.24) is 19.8 Å². The predicted molar refractivity (Wildman–Crippen MR) is 103 cm³/mol. The van der Waals surface area contributed by atoms with Crippen LogP contribution in [-0.2, 0) is 11.3 Å². The summed E-state index contributed by atoms with van der Waals surface area (Å²) in [5.41, 5.74) is 0. The highest BCUT2D eigenvalue weighted by Crippen LogP contribution is 2.28. The van der Waals surface area contributed by atoms with Gasteiger partial charge in [0.1, 0.15) is 5.82 Å². The molecule has 1 aliphatic carbocycles. The van der Waals surface area contributed by atoms with E-state index in [2.05, 4.69) is 19.8 Å². The zero-order valence-electron chi connectivity index (χ0n) is 16.1. The van der Waals surface area contributed by atoms with Gasteiger partial charge in [-0.25, -0.2) is 9.97 Å². The van der Waals surface area contributed by atoms with Gasteiger partial charge in [-0.05, 0) is 63.6 Å². The van der Waals surface area contributed by atoms with Gasteiger partial charge in [-0.15, -0.1) is 0 Å². The molecular weight excluding hydrogens is 324 g/mol. The zero-order chi connectivity index (χ0) is 17.6. The van der Waals surface area contributed by atoms with Gasteiger partial charge in [0, 0.05) is 38.1 Å². The third kappa shape index (κ3) is 5.02. The first-order valence-corrected chi connectivity index (χ1v) is 10.7. The second kappa shape index (κ2) is 9.25. The molecule has 3 fully saturated rings. The number of hydrogen-bond acceptors (Lipinski definition) is 5. The molecule has 26 heavy (non-hydrogen) atoms. The van der Waals surface area contributed by atoms with E-state index < -0.39 is 0 Å². The molecule has 1 aromatic heterocycles. The van der Waals surface area contributed by atoms with Crippen molar-refractivity contribution in [3.8, 4) is 0 Å². The van der Waals surface area contributed by atoms with Gasteiger partial charge in [0.2, 0.25) is 0 Å². The minimum Gasteiger partial charge on any atom is -0.377 e. The molecule has 3 heterocycles. The van der Waals surface area contributed by atoms with Crippen molar-refractivity contribution in [2.75, 3.05) is 32.8 Å². The standard InChI is InChI=1S/C21H34N4O/c1-2-6-19(5-1)25-12-8-18(9-13-25)15-24(16-20-7-3-14-26-20)17-21-22-10-4-11-23-21/h4,10-11,18-20H,1-3,5-9,12-17H2. The Balaban J connectivity index is 1.30. The fraction of sp³-hybridized carbons (Fsp3) is 0.810. The van der Waals surface area contributed by atoms with Crippen molar-refractivity contribution < 1.29 is 4.74 Å². The maximum Gasteiger partial charge on any atom is 0.142 e. The van der Waals surface area contributed by atoms with Crippen LogP contribution in [-0.4, -0.2) is 64.7 Å². The maximum absolute atomic E-state index is 5.90. The molecule has 1 atom stereocenters. The van der Waals surface area contributed by atoms with Crippen molar-refractivity contribution in [1.29, 1.82) is 0 Å². The van der Waals surface area contributed by atoms with E-state index in [9.17, 15) is 0 Å². The molecule has 144 valence electrons. The van der Waals surface area contributed by atoms with Crippen molar-refractivity contribution in [2.45, 2.75) is 70.1 Å².